The molecule has 4 aliphatic carbocycles. The number of hydrogen-bond acceptors (Lipinski definition) is 2. The maximum Gasteiger partial charge on any atom is 0.238 e. The van der Waals surface area contributed by atoms with Gasteiger partial charge in [0.15, 0.2) is 0 Å². The summed E-state index contributed by atoms with van der Waals surface area (Å²) < 4.78 is 0. The summed E-state index contributed by atoms with van der Waals surface area (Å²) in [7, 11) is 0. The Morgan fingerprint density at radius 1 is 1.14 bits per heavy atom. The van der Waals surface area contributed by atoms with E-state index in [9.17, 15) is 4.79 Å². The van der Waals surface area contributed by atoms with Crippen LogP contribution in [0.4, 0.5) is 5.69 Å². The lowest BCUT2D eigenvalue weighted by Gasteiger charge is -2.57. The van der Waals surface area contributed by atoms with Gasteiger partial charge in [0.2, 0.25) is 5.91 Å². The van der Waals surface area contributed by atoms with Crippen molar-refractivity contribution >= 4 is 23.2 Å². The highest BCUT2D eigenvalue weighted by molar-refractivity contribution is 6.30. The van der Waals surface area contributed by atoms with Crippen LogP contribution in [0.5, 0.6) is 0 Å². The predicted octanol–water partition coefficient (Wildman–Crippen LogP) is 3.84. The second-order valence-electron chi connectivity index (χ2n) is 7.61. The molecule has 2 N–H and O–H groups in total. The first-order chi connectivity index (χ1) is 10.6. The topological polar surface area (TPSA) is 41.1 Å². The molecule has 0 aromatic heterocycles. The fraction of sp³-hybridized carbons (Fsp3) is 0.611. The molecule has 0 radical (unpaired) electrons. The summed E-state index contributed by atoms with van der Waals surface area (Å²) in [6, 6.07) is 7.31. The summed E-state index contributed by atoms with van der Waals surface area (Å²) in [5.41, 5.74) is 1.00. The fourth-order valence-electron chi connectivity index (χ4n) is 5.37. The second-order valence-corrected chi connectivity index (χ2v) is 8.05. The average molecular weight is 319 g/mol. The van der Waals surface area contributed by atoms with Crippen molar-refractivity contribution < 1.29 is 4.79 Å². The van der Waals surface area contributed by atoms with E-state index >= 15 is 0 Å². The van der Waals surface area contributed by atoms with Gasteiger partial charge in [0.1, 0.15) is 0 Å². The molecular formula is C18H23ClN2O. The quantitative estimate of drug-likeness (QED) is 0.885. The van der Waals surface area contributed by atoms with Crippen molar-refractivity contribution in [3.63, 3.8) is 0 Å². The average Bonchev–Trinajstić information content (AvgIpc) is 2.44. The monoisotopic (exact) mass is 318 g/mol. The highest BCUT2D eigenvalue weighted by atomic mass is 35.5. The predicted molar refractivity (Wildman–Crippen MR) is 89.0 cm³/mol. The van der Waals surface area contributed by atoms with Crippen molar-refractivity contribution in [3.05, 3.63) is 29.3 Å². The second kappa shape index (κ2) is 5.54. The van der Waals surface area contributed by atoms with E-state index in [2.05, 4.69) is 10.6 Å². The first-order valence-corrected chi connectivity index (χ1v) is 8.78. The van der Waals surface area contributed by atoms with Crippen molar-refractivity contribution in [1.82, 2.24) is 5.32 Å². The van der Waals surface area contributed by atoms with E-state index in [0.29, 0.717) is 11.6 Å². The number of nitrogens with one attached hydrogen (secondary N) is 2. The van der Waals surface area contributed by atoms with Gasteiger partial charge in [0.25, 0.3) is 0 Å². The third-order valence-electron chi connectivity index (χ3n) is 5.77. The Hall–Kier alpha value is -1.06. The van der Waals surface area contributed by atoms with Gasteiger partial charge in [-0.25, -0.2) is 0 Å². The Kier molecular flexibility index (Phi) is 3.66. The number of rotatable bonds is 4. The first kappa shape index (κ1) is 14.5. The Bertz CT molecular complexity index is 551. The summed E-state index contributed by atoms with van der Waals surface area (Å²) >= 11 is 5.95. The molecule has 1 amide bonds. The molecular weight excluding hydrogens is 296 g/mol. The van der Waals surface area contributed by atoms with Crippen LogP contribution < -0.4 is 10.6 Å². The Morgan fingerprint density at radius 2 is 1.77 bits per heavy atom. The van der Waals surface area contributed by atoms with Gasteiger partial charge in [-0.15, -0.1) is 0 Å². The summed E-state index contributed by atoms with van der Waals surface area (Å²) in [5, 5.41) is 7.19. The molecule has 0 spiro atoms. The van der Waals surface area contributed by atoms with Gasteiger partial charge in [-0.05, 0) is 74.5 Å². The molecule has 4 heteroatoms. The normalized spacial score (nSPS) is 35.6. The Labute approximate surface area is 136 Å². The molecule has 0 saturated heterocycles. The van der Waals surface area contributed by atoms with E-state index in [4.69, 9.17) is 11.6 Å². The van der Waals surface area contributed by atoms with Gasteiger partial charge >= 0.3 is 0 Å². The molecule has 0 unspecified atom stereocenters. The maximum atomic E-state index is 12.2. The van der Waals surface area contributed by atoms with Gasteiger partial charge in [0, 0.05) is 16.2 Å². The molecule has 4 fully saturated rings. The molecule has 3 nitrogen and oxygen atoms in total. The van der Waals surface area contributed by atoms with Crippen LogP contribution in [-0.4, -0.2) is 18.0 Å². The molecule has 0 heterocycles. The van der Waals surface area contributed by atoms with Crippen LogP contribution in [0.15, 0.2) is 24.3 Å². The van der Waals surface area contributed by atoms with Crippen molar-refractivity contribution in [2.45, 2.75) is 44.1 Å². The minimum atomic E-state index is 0.0259. The fourth-order valence-corrected chi connectivity index (χ4v) is 5.56. The third-order valence-corrected chi connectivity index (χ3v) is 6.01. The number of amides is 1. The van der Waals surface area contributed by atoms with Crippen LogP contribution in [0.1, 0.15) is 38.5 Å². The summed E-state index contributed by atoms with van der Waals surface area (Å²) in [6.45, 7) is 0.401. The largest absolute Gasteiger partial charge is 0.325 e. The summed E-state index contributed by atoms with van der Waals surface area (Å²) in [6.07, 6.45) is 8.08. The van der Waals surface area contributed by atoms with Crippen molar-refractivity contribution in [3.8, 4) is 0 Å². The van der Waals surface area contributed by atoms with Crippen molar-refractivity contribution in [2.75, 3.05) is 11.9 Å². The first-order valence-electron chi connectivity index (χ1n) is 8.41. The van der Waals surface area contributed by atoms with E-state index in [1.807, 2.05) is 18.2 Å². The molecule has 4 bridgehead atoms. The van der Waals surface area contributed by atoms with Crippen LogP contribution in [-0.2, 0) is 4.79 Å². The van der Waals surface area contributed by atoms with Crippen molar-refractivity contribution in [1.29, 1.82) is 0 Å². The van der Waals surface area contributed by atoms with E-state index in [-0.39, 0.29) is 11.4 Å². The lowest BCUT2D eigenvalue weighted by Crippen LogP contribution is -2.59. The highest BCUT2D eigenvalue weighted by Gasteiger charge is 2.50. The number of halogens is 1. The van der Waals surface area contributed by atoms with E-state index < -0.39 is 0 Å². The van der Waals surface area contributed by atoms with Crippen LogP contribution in [0, 0.1) is 17.8 Å². The number of carbonyl (C=O) groups excluding carboxylic acids is 1. The Balaban J connectivity index is 1.35. The molecule has 5 rings (SSSR count). The summed E-state index contributed by atoms with van der Waals surface area (Å²) in [4.78, 5) is 12.2. The van der Waals surface area contributed by atoms with Crippen molar-refractivity contribution in [2.24, 2.45) is 17.8 Å². The Morgan fingerprint density at radius 3 is 2.36 bits per heavy atom. The molecule has 1 aromatic carbocycles. The van der Waals surface area contributed by atoms with E-state index in [1.54, 1.807) is 6.07 Å². The maximum absolute atomic E-state index is 12.2. The molecule has 118 valence electrons. The smallest absolute Gasteiger partial charge is 0.238 e. The molecule has 0 atom stereocenters. The standard InChI is InChI=1S/C18H23ClN2O/c19-15-2-1-3-16(7-15)21-17(22)11-20-18-8-12-4-13(9-18)6-14(5-12)10-18/h1-3,7,12-14,20H,4-6,8-11H2,(H,21,22). The zero-order valence-electron chi connectivity index (χ0n) is 12.8. The molecule has 4 aliphatic rings. The lowest BCUT2D eigenvalue weighted by molar-refractivity contribution is -0.116. The van der Waals surface area contributed by atoms with Crippen LogP contribution >= 0.6 is 11.6 Å². The van der Waals surface area contributed by atoms with Gasteiger partial charge in [-0.2, -0.15) is 0 Å². The van der Waals surface area contributed by atoms with Gasteiger partial charge in [-0.1, -0.05) is 17.7 Å². The number of benzene rings is 1. The van der Waals surface area contributed by atoms with Crippen LogP contribution in [0.2, 0.25) is 5.02 Å². The minimum Gasteiger partial charge on any atom is -0.325 e. The lowest BCUT2D eigenvalue weighted by atomic mass is 9.53. The SMILES string of the molecule is O=C(CNC12CC3CC(CC(C3)C1)C2)Nc1cccc(Cl)c1. The van der Waals surface area contributed by atoms with E-state index in [1.165, 1.54) is 38.5 Å². The zero-order chi connectivity index (χ0) is 15.2. The van der Waals surface area contributed by atoms with Crippen LogP contribution in [0.3, 0.4) is 0 Å². The molecule has 1 aromatic rings. The van der Waals surface area contributed by atoms with Gasteiger partial charge in [0.05, 0.1) is 6.54 Å². The summed E-state index contributed by atoms with van der Waals surface area (Å²) in [5.74, 6) is 2.72. The van der Waals surface area contributed by atoms with E-state index in [0.717, 1.165) is 23.4 Å². The van der Waals surface area contributed by atoms with Crippen LogP contribution in [0.25, 0.3) is 0 Å². The minimum absolute atomic E-state index is 0.0259. The molecule has 4 saturated carbocycles. The number of hydrogen-bond donors (Lipinski definition) is 2. The highest BCUT2D eigenvalue weighted by Crippen LogP contribution is 2.55. The van der Waals surface area contributed by atoms with Gasteiger partial charge in [-0.3, -0.25) is 4.79 Å². The van der Waals surface area contributed by atoms with Gasteiger partial charge < -0.3 is 10.6 Å². The molecule has 0 aliphatic heterocycles. The zero-order valence-corrected chi connectivity index (χ0v) is 13.5. The third kappa shape index (κ3) is 2.89. The number of anilines is 1. The molecule has 22 heavy (non-hydrogen) atoms. The number of carbonyl (C=O) groups is 1.